The van der Waals surface area contributed by atoms with Gasteiger partial charge < -0.3 is 10.2 Å². The highest BCUT2D eigenvalue weighted by atomic mass is 16.2. The minimum atomic E-state index is -0.227. The Morgan fingerprint density at radius 2 is 2.18 bits per heavy atom. The van der Waals surface area contributed by atoms with E-state index in [0.717, 1.165) is 26.1 Å². The van der Waals surface area contributed by atoms with Crippen LogP contribution in [0.4, 0.5) is 0 Å². The predicted octanol–water partition coefficient (Wildman–Crippen LogP) is 1.40. The van der Waals surface area contributed by atoms with Crippen LogP contribution in [0.1, 0.15) is 18.9 Å². The molecule has 1 amide bonds. The molecule has 1 aromatic carbocycles. The van der Waals surface area contributed by atoms with Gasteiger partial charge in [0.1, 0.15) is 5.54 Å². The number of nitrogens with one attached hydrogen (secondary N) is 1. The molecule has 1 aromatic rings. The van der Waals surface area contributed by atoms with Crippen LogP contribution in [0, 0.1) is 5.92 Å². The second kappa shape index (κ2) is 3.84. The number of benzene rings is 1. The van der Waals surface area contributed by atoms with E-state index in [1.807, 2.05) is 23.1 Å². The highest BCUT2D eigenvalue weighted by Crippen LogP contribution is 2.36. The monoisotopic (exact) mass is 230 g/mol. The van der Waals surface area contributed by atoms with Crippen LogP contribution in [0.25, 0.3) is 0 Å². The maximum absolute atomic E-state index is 12.4. The number of nitrogens with zero attached hydrogens (tertiary/aromatic N) is 1. The first-order valence-corrected chi connectivity index (χ1v) is 6.31. The standard InChI is InChI=1S/C14H18N2O/c1-11-9-15-14(11)7-8-16(13(14)17)10-12-5-3-2-4-6-12/h2-6,11,15H,7-10H2,1H3. The van der Waals surface area contributed by atoms with Gasteiger partial charge in [-0.15, -0.1) is 0 Å². The predicted molar refractivity (Wildman–Crippen MR) is 66.4 cm³/mol. The average Bonchev–Trinajstić information content (AvgIpc) is 2.69. The molecule has 2 aliphatic rings. The Bertz CT molecular complexity index is 431. The fraction of sp³-hybridized carbons (Fsp3) is 0.500. The molecule has 3 rings (SSSR count). The maximum atomic E-state index is 12.4. The number of hydrogen-bond donors (Lipinski definition) is 1. The summed E-state index contributed by atoms with van der Waals surface area (Å²) >= 11 is 0. The van der Waals surface area contributed by atoms with Crippen LogP contribution in [-0.2, 0) is 11.3 Å². The van der Waals surface area contributed by atoms with E-state index in [0.29, 0.717) is 11.8 Å². The number of amides is 1. The van der Waals surface area contributed by atoms with Crippen molar-refractivity contribution in [3.05, 3.63) is 35.9 Å². The SMILES string of the molecule is CC1CNC12CCN(Cc1ccccc1)C2=O. The number of carbonyl (C=O) groups is 1. The van der Waals surface area contributed by atoms with Gasteiger partial charge in [0.2, 0.25) is 5.91 Å². The fourth-order valence-electron chi connectivity index (χ4n) is 2.93. The van der Waals surface area contributed by atoms with Crippen molar-refractivity contribution in [1.82, 2.24) is 10.2 Å². The Morgan fingerprint density at radius 1 is 1.41 bits per heavy atom. The third-order valence-electron chi connectivity index (χ3n) is 4.23. The van der Waals surface area contributed by atoms with Gasteiger partial charge in [0.25, 0.3) is 0 Å². The summed E-state index contributed by atoms with van der Waals surface area (Å²) in [6, 6.07) is 10.2. The summed E-state index contributed by atoms with van der Waals surface area (Å²) in [5.41, 5.74) is 0.985. The van der Waals surface area contributed by atoms with Gasteiger partial charge in [0.15, 0.2) is 0 Å². The van der Waals surface area contributed by atoms with Crippen molar-refractivity contribution in [2.24, 2.45) is 5.92 Å². The van der Waals surface area contributed by atoms with Gasteiger partial charge in [-0.25, -0.2) is 0 Å². The van der Waals surface area contributed by atoms with Crippen LogP contribution < -0.4 is 5.32 Å². The molecule has 0 aliphatic carbocycles. The van der Waals surface area contributed by atoms with Crippen LogP contribution in [-0.4, -0.2) is 29.4 Å². The molecule has 2 atom stereocenters. The van der Waals surface area contributed by atoms with E-state index >= 15 is 0 Å². The molecule has 2 unspecified atom stereocenters. The highest BCUT2D eigenvalue weighted by molar-refractivity contribution is 5.90. The number of hydrogen-bond acceptors (Lipinski definition) is 2. The van der Waals surface area contributed by atoms with Crippen molar-refractivity contribution >= 4 is 5.91 Å². The molecule has 2 saturated heterocycles. The molecular formula is C14H18N2O. The van der Waals surface area contributed by atoms with E-state index in [2.05, 4.69) is 24.4 Å². The van der Waals surface area contributed by atoms with Crippen LogP contribution in [0.2, 0.25) is 0 Å². The second-order valence-electron chi connectivity index (χ2n) is 5.22. The summed E-state index contributed by atoms with van der Waals surface area (Å²) in [4.78, 5) is 14.4. The first kappa shape index (κ1) is 10.8. The number of rotatable bonds is 2. The van der Waals surface area contributed by atoms with Gasteiger partial charge in [-0.1, -0.05) is 37.3 Å². The normalized spacial score (nSPS) is 31.9. The topological polar surface area (TPSA) is 32.3 Å². The van der Waals surface area contributed by atoms with Crippen molar-refractivity contribution in [3.63, 3.8) is 0 Å². The lowest BCUT2D eigenvalue weighted by Crippen LogP contribution is -2.67. The van der Waals surface area contributed by atoms with Gasteiger partial charge in [-0.05, 0) is 17.9 Å². The quantitative estimate of drug-likeness (QED) is 0.833. The summed E-state index contributed by atoms with van der Waals surface area (Å²) < 4.78 is 0. The lowest BCUT2D eigenvalue weighted by atomic mass is 9.76. The minimum Gasteiger partial charge on any atom is -0.337 e. The van der Waals surface area contributed by atoms with Crippen LogP contribution >= 0.6 is 0 Å². The molecule has 2 fully saturated rings. The largest absolute Gasteiger partial charge is 0.337 e. The molecule has 2 aliphatic heterocycles. The van der Waals surface area contributed by atoms with Crippen LogP contribution in [0.15, 0.2) is 30.3 Å². The van der Waals surface area contributed by atoms with Crippen molar-refractivity contribution in [3.8, 4) is 0 Å². The van der Waals surface area contributed by atoms with E-state index in [9.17, 15) is 4.79 Å². The van der Waals surface area contributed by atoms with E-state index in [4.69, 9.17) is 0 Å². The summed E-state index contributed by atoms with van der Waals surface area (Å²) in [6.07, 6.45) is 0.958. The van der Waals surface area contributed by atoms with E-state index in [-0.39, 0.29) is 5.54 Å². The van der Waals surface area contributed by atoms with Gasteiger partial charge in [0, 0.05) is 19.6 Å². The smallest absolute Gasteiger partial charge is 0.243 e. The van der Waals surface area contributed by atoms with E-state index < -0.39 is 0 Å². The van der Waals surface area contributed by atoms with Crippen LogP contribution in [0.5, 0.6) is 0 Å². The Morgan fingerprint density at radius 3 is 2.71 bits per heavy atom. The highest BCUT2D eigenvalue weighted by Gasteiger charge is 2.55. The molecule has 0 bridgehead atoms. The fourth-order valence-corrected chi connectivity index (χ4v) is 2.93. The molecular weight excluding hydrogens is 212 g/mol. The van der Waals surface area contributed by atoms with Crippen molar-refractivity contribution in [2.45, 2.75) is 25.4 Å². The zero-order valence-electron chi connectivity index (χ0n) is 10.1. The molecule has 3 nitrogen and oxygen atoms in total. The lowest BCUT2D eigenvalue weighted by molar-refractivity contribution is -0.138. The molecule has 1 spiro atoms. The van der Waals surface area contributed by atoms with Gasteiger partial charge in [0.05, 0.1) is 0 Å². The Balaban J connectivity index is 1.73. The molecule has 2 heterocycles. The minimum absolute atomic E-state index is 0.227. The first-order chi connectivity index (χ1) is 8.22. The van der Waals surface area contributed by atoms with E-state index in [1.165, 1.54) is 5.56 Å². The zero-order chi connectivity index (χ0) is 11.9. The summed E-state index contributed by atoms with van der Waals surface area (Å²) in [7, 11) is 0. The molecule has 0 radical (unpaired) electrons. The van der Waals surface area contributed by atoms with Crippen molar-refractivity contribution in [2.75, 3.05) is 13.1 Å². The second-order valence-corrected chi connectivity index (χ2v) is 5.22. The first-order valence-electron chi connectivity index (χ1n) is 6.31. The van der Waals surface area contributed by atoms with Crippen molar-refractivity contribution < 1.29 is 4.79 Å². The maximum Gasteiger partial charge on any atom is 0.243 e. The number of carbonyl (C=O) groups excluding carboxylic acids is 1. The zero-order valence-corrected chi connectivity index (χ0v) is 10.1. The molecule has 17 heavy (non-hydrogen) atoms. The van der Waals surface area contributed by atoms with Gasteiger partial charge in [-0.2, -0.15) is 0 Å². The van der Waals surface area contributed by atoms with Gasteiger partial charge in [-0.3, -0.25) is 4.79 Å². The average molecular weight is 230 g/mol. The van der Waals surface area contributed by atoms with Crippen molar-refractivity contribution in [1.29, 1.82) is 0 Å². The Hall–Kier alpha value is -1.35. The lowest BCUT2D eigenvalue weighted by Gasteiger charge is -2.44. The number of likely N-dealkylation sites (tertiary alicyclic amines) is 1. The summed E-state index contributed by atoms with van der Waals surface area (Å²) in [5, 5.41) is 3.34. The van der Waals surface area contributed by atoms with Gasteiger partial charge >= 0.3 is 0 Å². The third kappa shape index (κ3) is 1.57. The Kier molecular flexibility index (Phi) is 2.44. The molecule has 90 valence electrons. The van der Waals surface area contributed by atoms with Crippen LogP contribution in [0.3, 0.4) is 0 Å². The Labute approximate surface area is 102 Å². The third-order valence-corrected chi connectivity index (χ3v) is 4.23. The molecule has 1 N–H and O–H groups in total. The molecule has 0 saturated carbocycles. The summed E-state index contributed by atoms with van der Waals surface area (Å²) in [5.74, 6) is 0.774. The molecule has 0 aromatic heterocycles. The van der Waals surface area contributed by atoms with E-state index in [1.54, 1.807) is 0 Å². The summed E-state index contributed by atoms with van der Waals surface area (Å²) in [6.45, 7) is 4.77. The molecule has 3 heteroatoms.